The number of pyridine rings is 1. The van der Waals surface area contributed by atoms with E-state index in [1.807, 2.05) is 13.0 Å². The molecular formula is C12H19N3. The van der Waals surface area contributed by atoms with Crippen molar-refractivity contribution in [3.63, 3.8) is 0 Å². The number of nitrogens with zero attached hydrogens (tertiary/aromatic N) is 2. The quantitative estimate of drug-likeness (QED) is 0.796. The molecule has 1 unspecified atom stereocenters. The lowest BCUT2D eigenvalue weighted by atomic mass is 9.98. The molecule has 15 heavy (non-hydrogen) atoms. The third kappa shape index (κ3) is 2.48. The van der Waals surface area contributed by atoms with Crippen LogP contribution in [0.3, 0.4) is 0 Å². The first kappa shape index (κ1) is 10.4. The maximum atomic E-state index is 5.73. The third-order valence-corrected chi connectivity index (χ3v) is 3.05. The van der Waals surface area contributed by atoms with Crippen LogP contribution in [0.4, 0.5) is 5.82 Å². The van der Waals surface area contributed by atoms with Crippen LogP contribution in [0.2, 0.25) is 0 Å². The van der Waals surface area contributed by atoms with Crippen LogP contribution in [0, 0.1) is 12.8 Å². The Hall–Kier alpha value is -1.09. The van der Waals surface area contributed by atoms with Crippen LogP contribution in [0.1, 0.15) is 18.5 Å². The number of rotatable bonds is 2. The molecule has 3 heteroatoms. The normalized spacial score (nSPS) is 21.7. The van der Waals surface area contributed by atoms with Gasteiger partial charge in [0.25, 0.3) is 0 Å². The lowest BCUT2D eigenvalue weighted by molar-refractivity contribution is 0.421. The first-order chi connectivity index (χ1) is 7.29. The highest BCUT2D eigenvalue weighted by molar-refractivity contribution is 5.39. The molecule has 1 atom stereocenters. The highest BCUT2D eigenvalue weighted by Gasteiger charge is 2.19. The molecule has 0 bridgehead atoms. The van der Waals surface area contributed by atoms with E-state index in [1.54, 1.807) is 0 Å². The van der Waals surface area contributed by atoms with Crippen LogP contribution in [0.25, 0.3) is 0 Å². The lowest BCUT2D eigenvalue weighted by Crippen LogP contribution is -2.38. The fourth-order valence-electron chi connectivity index (χ4n) is 2.17. The number of aromatic nitrogens is 1. The smallest absolute Gasteiger partial charge is 0.128 e. The minimum Gasteiger partial charge on any atom is -0.356 e. The van der Waals surface area contributed by atoms with E-state index in [1.165, 1.54) is 12.8 Å². The van der Waals surface area contributed by atoms with Crippen LogP contribution in [-0.2, 0) is 0 Å². The summed E-state index contributed by atoms with van der Waals surface area (Å²) in [6.07, 6.45) is 2.50. The minimum atomic E-state index is 0.640. The van der Waals surface area contributed by atoms with Crippen LogP contribution in [-0.4, -0.2) is 24.6 Å². The fraction of sp³-hybridized carbons (Fsp3) is 0.583. The second-order valence-corrected chi connectivity index (χ2v) is 4.33. The molecule has 1 saturated heterocycles. The summed E-state index contributed by atoms with van der Waals surface area (Å²) < 4.78 is 0. The molecule has 3 nitrogen and oxygen atoms in total. The summed E-state index contributed by atoms with van der Waals surface area (Å²) in [4.78, 5) is 6.91. The van der Waals surface area contributed by atoms with Gasteiger partial charge in [-0.3, -0.25) is 0 Å². The molecule has 0 radical (unpaired) electrons. The van der Waals surface area contributed by atoms with Gasteiger partial charge in [0, 0.05) is 18.8 Å². The Kier molecular flexibility index (Phi) is 3.21. The maximum absolute atomic E-state index is 5.73. The minimum absolute atomic E-state index is 0.640. The van der Waals surface area contributed by atoms with E-state index in [0.717, 1.165) is 31.1 Å². The Balaban J connectivity index is 2.09. The standard InChI is InChI=1S/C12H19N3/c1-10-4-2-6-12(14-10)15-7-3-5-11(8-13)9-15/h2,4,6,11H,3,5,7-9,13H2,1H3. The van der Waals surface area contributed by atoms with E-state index >= 15 is 0 Å². The molecule has 2 heterocycles. The molecule has 1 aromatic rings. The Labute approximate surface area is 91.3 Å². The van der Waals surface area contributed by atoms with Crippen LogP contribution >= 0.6 is 0 Å². The number of hydrogen-bond acceptors (Lipinski definition) is 3. The summed E-state index contributed by atoms with van der Waals surface area (Å²) in [5.41, 5.74) is 6.81. The zero-order valence-corrected chi connectivity index (χ0v) is 9.32. The third-order valence-electron chi connectivity index (χ3n) is 3.05. The summed E-state index contributed by atoms with van der Waals surface area (Å²) >= 11 is 0. The van der Waals surface area contributed by atoms with Crippen molar-refractivity contribution in [3.05, 3.63) is 23.9 Å². The first-order valence-corrected chi connectivity index (χ1v) is 5.68. The second-order valence-electron chi connectivity index (χ2n) is 4.33. The van der Waals surface area contributed by atoms with Crippen molar-refractivity contribution < 1.29 is 0 Å². The number of hydrogen-bond donors (Lipinski definition) is 1. The molecule has 0 aliphatic carbocycles. The molecule has 1 aliphatic heterocycles. The summed E-state index contributed by atoms with van der Waals surface area (Å²) in [5.74, 6) is 1.74. The molecule has 0 amide bonds. The van der Waals surface area contributed by atoms with E-state index in [4.69, 9.17) is 5.73 Å². The van der Waals surface area contributed by atoms with Gasteiger partial charge >= 0.3 is 0 Å². The van der Waals surface area contributed by atoms with Gasteiger partial charge < -0.3 is 10.6 Å². The first-order valence-electron chi connectivity index (χ1n) is 5.68. The number of anilines is 1. The summed E-state index contributed by atoms with van der Waals surface area (Å²) in [6.45, 7) is 5.01. The fourth-order valence-corrected chi connectivity index (χ4v) is 2.17. The molecule has 0 aromatic carbocycles. The average Bonchev–Trinajstić information content (AvgIpc) is 2.29. The molecule has 2 rings (SSSR count). The predicted molar refractivity (Wildman–Crippen MR) is 63.0 cm³/mol. The molecule has 1 aliphatic rings. The van der Waals surface area contributed by atoms with Gasteiger partial charge in [0.1, 0.15) is 5.82 Å². The molecule has 2 N–H and O–H groups in total. The van der Waals surface area contributed by atoms with Gasteiger partial charge in [-0.1, -0.05) is 6.07 Å². The highest BCUT2D eigenvalue weighted by Crippen LogP contribution is 2.20. The highest BCUT2D eigenvalue weighted by atomic mass is 15.2. The average molecular weight is 205 g/mol. The van der Waals surface area contributed by atoms with E-state index in [0.29, 0.717) is 5.92 Å². The zero-order chi connectivity index (χ0) is 10.7. The summed E-state index contributed by atoms with van der Waals surface area (Å²) in [5, 5.41) is 0. The van der Waals surface area contributed by atoms with Gasteiger partial charge in [0.15, 0.2) is 0 Å². The van der Waals surface area contributed by atoms with Gasteiger partial charge in [-0.2, -0.15) is 0 Å². The molecule has 82 valence electrons. The second kappa shape index (κ2) is 4.62. The van der Waals surface area contributed by atoms with Crippen molar-refractivity contribution in [1.29, 1.82) is 0 Å². The maximum Gasteiger partial charge on any atom is 0.128 e. The van der Waals surface area contributed by atoms with Crippen LogP contribution in [0.15, 0.2) is 18.2 Å². The zero-order valence-electron chi connectivity index (χ0n) is 9.32. The topological polar surface area (TPSA) is 42.1 Å². The van der Waals surface area contributed by atoms with Crippen LogP contribution in [0.5, 0.6) is 0 Å². The van der Waals surface area contributed by atoms with Crippen molar-refractivity contribution in [3.8, 4) is 0 Å². The Morgan fingerprint density at radius 3 is 3.13 bits per heavy atom. The van der Waals surface area contributed by atoms with Gasteiger partial charge in [0.05, 0.1) is 0 Å². The molecule has 0 saturated carbocycles. The van der Waals surface area contributed by atoms with Crippen molar-refractivity contribution >= 4 is 5.82 Å². The number of nitrogens with two attached hydrogens (primary N) is 1. The Morgan fingerprint density at radius 2 is 2.40 bits per heavy atom. The SMILES string of the molecule is Cc1cccc(N2CCCC(CN)C2)n1. The van der Waals surface area contributed by atoms with Crippen LogP contribution < -0.4 is 10.6 Å². The molecular weight excluding hydrogens is 186 g/mol. The van der Waals surface area contributed by atoms with Crippen molar-refractivity contribution in [1.82, 2.24) is 4.98 Å². The van der Waals surface area contributed by atoms with E-state index in [-0.39, 0.29) is 0 Å². The Morgan fingerprint density at radius 1 is 1.53 bits per heavy atom. The molecule has 1 fully saturated rings. The predicted octanol–water partition coefficient (Wildman–Crippen LogP) is 1.57. The van der Waals surface area contributed by atoms with Gasteiger partial charge in [-0.15, -0.1) is 0 Å². The number of aryl methyl sites for hydroxylation is 1. The van der Waals surface area contributed by atoms with E-state index in [2.05, 4.69) is 22.0 Å². The van der Waals surface area contributed by atoms with E-state index in [9.17, 15) is 0 Å². The van der Waals surface area contributed by atoms with Gasteiger partial charge in [-0.25, -0.2) is 4.98 Å². The molecule has 1 aromatic heterocycles. The summed E-state index contributed by atoms with van der Waals surface area (Å²) in [7, 11) is 0. The van der Waals surface area contributed by atoms with Gasteiger partial charge in [-0.05, 0) is 44.4 Å². The molecule has 0 spiro atoms. The van der Waals surface area contributed by atoms with Gasteiger partial charge in [0.2, 0.25) is 0 Å². The van der Waals surface area contributed by atoms with Crippen molar-refractivity contribution in [2.24, 2.45) is 11.7 Å². The lowest BCUT2D eigenvalue weighted by Gasteiger charge is -2.33. The number of piperidine rings is 1. The van der Waals surface area contributed by atoms with E-state index < -0.39 is 0 Å². The van der Waals surface area contributed by atoms with Crippen molar-refractivity contribution in [2.45, 2.75) is 19.8 Å². The monoisotopic (exact) mass is 205 g/mol. The summed E-state index contributed by atoms with van der Waals surface area (Å²) in [6, 6.07) is 6.20. The Bertz CT molecular complexity index is 324. The largest absolute Gasteiger partial charge is 0.356 e. The van der Waals surface area contributed by atoms with Crippen molar-refractivity contribution in [2.75, 3.05) is 24.5 Å².